The van der Waals surface area contributed by atoms with Gasteiger partial charge in [0.05, 0.1) is 25.4 Å². The number of likely N-dealkylation sites (tertiary alicyclic amines) is 2. The van der Waals surface area contributed by atoms with Gasteiger partial charge in [-0.3, -0.25) is 9.59 Å². The summed E-state index contributed by atoms with van der Waals surface area (Å²) in [5, 5.41) is 0. The third-order valence-corrected chi connectivity index (χ3v) is 8.22. The molecule has 0 unspecified atom stereocenters. The molecule has 1 aromatic rings. The molecule has 0 bridgehead atoms. The van der Waals surface area contributed by atoms with E-state index >= 15 is 0 Å². The topological polar surface area (TPSA) is 94.3 Å². The second-order valence-corrected chi connectivity index (χ2v) is 10.9. The van der Waals surface area contributed by atoms with E-state index in [9.17, 15) is 9.59 Å². The first-order valence-corrected chi connectivity index (χ1v) is 12.6. The highest BCUT2D eigenvalue weighted by Crippen LogP contribution is 2.53. The van der Waals surface area contributed by atoms with Gasteiger partial charge in [0.25, 0.3) is 0 Å². The van der Waals surface area contributed by atoms with Crippen molar-refractivity contribution in [1.29, 1.82) is 0 Å². The minimum atomic E-state index is -0.584. The number of nitrogens with zero attached hydrogens (tertiary/aromatic N) is 2. The number of hydrogen-bond donors (Lipinski definition) is 1. The number of amides is 2. The molecule has 186 valence electrons. The molecule has 3 saturated heterocycles. The SMILES string of the molecule is COc1ccc2c(c1)OC(C)(C)[C@@H]1C[C@H]3CN(C(=O)[C@@H]4CCCN4C(=O)[C@H](C)N)CC[C@H]3O[C@@H]21. The second-order valence-electron chi connectivity index (χ2n) is 10.9. The van der Waals surface area contributed by atoms with Crippen LogP contribution in [0.2, 0.25) is 0 Å². The third-order valence-electron chi connectivity index (χ3n) is 8.22. The van der Waals surface area contributed by atoms with Crippen molar-refractivity contribution in [2.75, 3.05) is 26.7 Å². The summed E-state index contributed by atoms with van der Waals surface area (Å²) in [5.41, 5.74) is 6.52. The van der Waals surface area contributed by atoms with E-state index in [1.54, 1.807) is 18.9 Å². The molecule has 4 aliphatic rings. The monoisotopic (exact) mass is 471 g/mol. The molecule has 0 aliphatic carbocycles. The summed E-state index contributed by atoms with van der Waals surface area (Å²) in [7, 11) is 1.66. The van der Waals surface area contributed by atoms with Crippen LogP contribution in [-0.4, -0.2) is 72.1 Å². The number of carbonyl (C=O) groups excluding carboxylic acids is 2. The summed E-state index contributed by atoms with van der Waals surface area (Å²) in [6.45, 7) is 7.86. The summed E-state index contributed by atoms with van der Waals surface area (Å²) in [4.78, 5) is 29.6. The molecule has 5 rings (SSSR count). The lowest BCUT2D eigenvalue weighted by Crippen LogP contribution is -2.58. The van der Waals surface area contributed by atoms with E-state index < -0.39 is 11.6 Å². The van der Waals surface area contributed by atoms with E-state index in [-0.39, 0.29) is 41.9 Å². The smallest absolute Gasteiger partial charge is 0.245 e. The standard InChI is InChI=1S/C26H37N3O5/c1-15(27)24(30)29-10-5-6-20(29)25(31)28-11-9-21-16(14-28)12-19-23(33-21)18-8-7-17(32-4)13-22(18)34-26(19,2)3/h7-8,13,15-16,19-21,23H,5-6,9-12,14,27H2,1-4H3/t15-,16-,19+,20-,21+,23-/m0/s1. The van der Waals surface area contributed by atoms with Crippen molar-refractivity contribution in [3.8, 4) is 11.5 Å². The lowest BCUT2D eigenvalue weighted by atomic mass is 9.70. The maximum atomic E-state index is 13.5. The van der Waals surface area contributed by atoms with Gasteiger partial charge in [-0.25, -0.2) is 0 Å². The van der Waals surface area contributed by atoms with Crippen LogP contribution in [0.15, 0.2) is 18.2 Å². The Hall–Kier alpha value is -2.32. The Balaban J connectivity index is 1.32. The van der Waals surface area contributed by atoms with Gasteiger partial charge >= 0.3 is 0 Å². The van der Waals surface area contributed by atoms with Gasteiger partial charge in [0.2, 0.25) is 11.8 Å². The quantitative estimate of drug-likeness (QED) is 0.728. The van der Waals surface area contributed by atoms with Crippen LogP contribution in [0.1, 0.15) is 58.1 Å². The molecule has 4 heterocycles. The van der Waals surface area contributed by atoms with Crippen LogP contribution in [0.3, 0.4) is 0 Å². The van der Waals surface area contributed by atoms with Gasteiger partial charge in [-0.2, -0.15) is 0 Å². The van der Waals surface area contributed by atoms with E-state index in [0.717, 1.165) is 36.3 Å². The number of ether oxygens (including phenoxy) is 3. The highest BCUT2D eigenvalue weighted by molar-refractivity contribution is 5.90. The predicted octanol–water partition coefficient (Wildman–Crippen LogP) is 2.50. The minimum absolute atomic E-state index is 0.0258. The largest absolute Gasteiger partial charge is 0.497 e. The molecule has 8 nitrogen and oxygen atoms in total. The second kappa shape index (κ2) is 8.72. The van der Waals surface area contributed by atoms with Gasteiger partial charge in [0.15, 0.2) is 0 Å². The van der Waals surface area contributed by atoms with Crippen LogP contribution in [0.4, 0.5) is 0 Å². The number of carbonyl (C=O) groups is 2. The maximum absolute atomic E-state index is 13.5. The fraction of sp³-hybridized carbons (Fsp3) is 0.692. The number of nitrogens with two attached hydrogens (primary N) is 1. The number of fused-ring (bicyclic) bond motifs is 4. The molecule has 6 atom stereocenters. The molecule has 8 heteroatoms. The number of benzene rings is 1. The molecule has 0 saturated carbocycles. The Morgan fingerprint density at radius 1 is 1.24 bits per heavy atom. The fourth-order valence-corrected chi connectivity index (χ4v) is 6.37. The lowest BCUT2D eigenvalue weighted by molar-refractivity contribution is -0.189. The van der Waals surface area contributed by atoms with Crippen LogP contribution in [0, 0.1) is 11.8 Å². The van der Waals surface area contributed by atoms with Gasteiger partial charge in [0.1, 0.15) is 23.1 Å². The highest BCUT2D eigenvalue weighted by atomic mass is 16.5. The summed E-state index contributed by atoms with van der Waals surface area (Å²) < 4.78 is 18.6. The average Bonchev–Trinajstić information content (AvgIpc) is 3.31. The van der Waals surface area contributed by atoms with E-state index in [1.165, 1.54) is 0 Å². The molecule has 4 aliphatic heterocycles. The van der Waals surface area contributed by atoms with Crippen molar-refractivity contribution in [3.63, 3.8) is 0 Å². The lowest BCUT2D eigenvalue weighted by Gasteiger charge is -2.53. The van der Waals surface area contributed by atoms with Crippen LogP contribution < -0.4 is 15.2 Å². The molecule has 0 spiro atoms. The van der Waals surface area contributed by atoms with E-state index in [1.807, 2.05) is 17.0 Å². The molecule has 3 fully saturated rings. The van der Waals surface area contributed by atoms with E-state index in [4.69, 9.17) is 19.9 Å². The van der Waals surface area contributed by atoms with Gasteiger partial charge in [-0.1, -0.05) is 0 Å². The molecule has 0 radical (unpaired) electrons. The molecule has 0 aromatic heterocycles. The Kier molecular flexibility index (Phi) is 6.01. The normalized spacial score (nSPS) is 32.7. The zero-order valence-corrected chi connectivity index (χ0v) is 20.7. The first kappa shape index (κ1) is 23.4. The summed E-state index contributed by atoms with van der Waals surface area (Å²) in [6, 6.07) is 5.00. The van der Waals surface area contributed by atoms with Crippen LogP contribution in [0.5, 0.6) is 11.5 Å². The van der Waals surface area contributed by atoms with Crippen molar-refractivity contribution >= 4 is 11.8 Å². The first-order chi connectivity index (χ1) is 16.2. The van der Waals surface area contributed by atoms with Crippen LogP contribution in [0.25, 0.3) is 0 Å². The molecule has 2 N–H and O–H groups in total. The third kappa shape index (κ3) is 3.94. The van der Waals surface area contributed by atoms with E-state index in [0.29, 0.717) is 26.1 Å². The van der Waals surface area contributed by atoms with Crippen molar-refractivity contribution in [2.45, 2.75) is 76.3 Å². The van der Waals surface area contributed by atoms with Gasteiger partial charge in [-0.05, 0) is 58.6 Å². The number of methoxy groups -OCH3 is 1. The number of hydrogen-bond acceptors (Lipinski definition) is 6. The minimum Gasteiger partial charge on any atom is -0.497 e. The Labute approximate surface area is 201 Å². The summed E-state index contributed by atoms with van der Waals surface area (Å²) in [5.74, 6) is 1.97. The number of rotatable bonds is 3. The summed E-state index contributed by atoms with van der Waals surface area (Å²) >= 11 is 0. The number of piperidine rings is 1. The summed E-state index contributed by atoms with van der Waals surface area (Å²) in [6.07, 6.45) is 3.38. The van der Waals surface area contributed by atoms with Gasteiger partial charge in [-0.15, -0.1) is 0 Å². The van der Waals surface area contributed by atoms with E-state index in [2.05, 4.69) is 19.9 Å². The van der Waals surface area contributed by atoms with Crippen molar-refractivity contribution in [1.82, 2.24) is 9.80 Å². The highest BCUT2D eigenvalue weighted by Gasteiger charge is 2.52. The molecule has 2 amide bonds. The average molecular weight is 472 g/mol. The zero-order valence-electron chi connectivity index (χ0n) is 20.7. The molecule has 1 aromatic carbocycles. The van der Waals surface area contributed by atoms with Crippen molar-refractivity contribution in [2.24, 2.45) is 17.6 Å². The van der Waals surface area contributed by atoms with Gasteiger partial charge < -0.3 is 29.7 Å². The Bertz CT molecular complexity index is 964. The zero-order chi connectivity index (χ0) is 24.2. The fourth-order valence-electron chi connectivity index (χ4n) is 6.37. The maximum Gasteiger partial charge on any atom is 0.245 e. The van der Waals surface area contributed by atoms with Crippen LogP contribution >= 0.6 is 0 Å². The first-order valence-electron chi connectivity index (χ1n) is 12.6. The van der Waals surface area contributed by atoms with Crippen molar-refractivity contribution < 1.29 is 23.8 Å². The van der Waals surface area contributed by atoms with Crippen molar-refractivity contribution in [3.05, 3.63) is 23.8 Å². The van der Waals surface area contributed by atoms with Gasteiger partial charge in [0, 0.05) is 43.1 Å². The predicted molar refractivity (Wildman–Crippen MR) is 126 cm³/mol. The molecule has 34 heavy (non-hydrogen) atoms. The van der Waals surface area contributed by atoms with Crippen LogP contribution in [-0.2, 0) is 14.3 Å². The Morgan fingerprint density at radius 2 is 2.03 bits per heavy atom. The molecular formula is C26H37N3O5. The Morgan fingerprint density at radius 3 is 2.76 bits per heavy atom. The molecular weight excluding hydrogens is 434 g/mol.